The Hall–Kier alpha value is -2.67. The van der Waals surface area contributed by atoms with E-state index in [1.54, 1.807) is 12.1 Å². The van der Waals surface area contributed by atoms with E-state index >= 15 is 13.2 Å². The molecule has 0 bridgehead atoms. The van der Waals surface area contributed by atoms with E-state index in [9.17, 15) is 26.3 Å². The van der Waals surface area contributed by atoms with Crippen molar-refractivity contribution in [1.82, 2.24) is 0 Å². The fourth-order valence-corrected chi connectivity index (χ4v) is 7.49. The summed E-state index contributed by atoms with van der Waals surface area (Å²) in [7, 11) is 0. The summed E-state index contributed by atoms with van der Waals surface area (Å²) in [5, 5.41) is 0. The molecule has 1 aliphatic heterocycles. The molecule has 274 valence electrons. The lowest BCUT2D eigenvalue weighted by atomic mass is 9.74. The lowest BCUT2D eigenvalue weighted by molar-refractivity contribution is -0.255. The number of halogens is 9. The zero-order chi connectivity index (χ0) is 35.3. The maximum absolute atomic E-state index is 15.3. The highest BCUT2D eigenvalue weighted by Crippen LogP contribution is 2.45. The predicted octanol–water partition coefficient (Wildman–Crippen LogP) is 11.3. The third-order valence-corrected chi connectivity index (χ3v) is 10.4. The molecule has 13 heteroatoms. The number of hydrogen-bond donors (Lipinski definition) is 0. The zero-order valence-electron chi connectivity index (χ0n) is 27.4. The van der Waals surface area contributed by atoms with E-state index in [0.29, 0.717) is 36.2 Å². The first-order valence-corrected chi connectivity index (χ1v) is 17.2. The molecule has 0 spiro atoms. The van der Waals surface area contributed by atoms with Crippen molar-refractivity contribution < 1.29 is 58.5 Å². The van der Waals surface area contributed by atoms with Gasteiger partial charge < -0.3 is 18.9 Å². The average Bonchev–Trinajstić information content (AvgIpc) is 3.07. The molecule has 5 rings (SSSR count). The summed E-state index contributed by atoms with van der Waals surface area (Å²) >= 11 is 0. The van der Waals surface area contributed by atoms with Gasteiger partial charge in [0.05, 0.1) is 19.1 Å². The number of unbranched alkanes of at least 4 members (excludes halogenated alkanes) is 2. The molecule has 0 unspecified atom stereocenters. The summed E-state index contributed by atoms with van der Waals surface area (Å²) in [5.41, 5.74) is 0.915. The van der Waals surface area contributed by atoms with Crippen molar-refractivity contribution in [3.05, 3.63) is 58.9 Å². The monoisotopic (exact) mass is 710 g/mol. The van der Waals surface area contributed by atoms with Gasteiger partial charge in [0.25, 0.3) is 0 Å². The molecule has 2 aromatic carbocycles. The van der Waals surface area contributed by atoms with Gasteiger partial charge in [0, 0.05) is 23.6 Å². The molecule has 3 fully saturated rings. The SMILES string of the molecule is CCCCCC1CCC(C2COC(c3ccc(C4CCC(C(F)(F)Oc5cc(F)c(OC(F)(F)C(F)F)c(F)c5)CC4)c(F)c3)OC2)CC1. The Morgan fingerprint density at radius 1 is 0.755 bits per heavy atom. The second-order valence-electron chi connectivity index (χ2n) is 13.7. The first-order chi connectivity index (χ1) is 23.3. The molecule has 0 atom stereocenters. The standard InChI is InChI=1S/C36H43F9O4/c1-2-3-4-5-21-6-8-22(9-7-21)25-19-46-33(47-20-25)24-12-15-28(29(37)16-24)23-10-13-26(14-11-23)35(42,43)48-27-17-30(38)32(31(39)18-27)49-36(44,45)34(40)41/h12,15-18,21-23,25-26,33-34H,2-11,13-14,19-20H2,1H3. The van der Waals surface area contributed by atoms with Crippen LogP contribution in [-0.2, 0) is 9.47 Å². The van der Waals surface area contributed by atoms with Crippen molar-refractivity contribution >= 4 is 0 Å². The quantitative estimate of drug-likeness (QED) is 0.153. The van der Waals surface area contributed by atoms with Crippen LogP contribution >= 0.6 is 0 Å². The third-order valence-electron chi connectivity index (χ3n) is 10.4. The molecule has 0 radical (unpaired) electrons. The Labute approximate surface area is 280 Å². The minimum absolute atomic E-state index is 0.109. The van der Waals surface area contributed by atoms with E-state index in [1.807, 2.05) is 0 Å². The van der Waals surface area contributed by atoms with Crippen LogP contribution in [0.1, 0.15) is 107 Å². The molecule has 2 aliphatic carbocycles. The van der Waals surface area contributed by atoms with Crippen LogP contribution in [0.25, 0.3) is 0 Å². The maximum atomic E-state index is 15.3. The average molecular weight is 711 g/mol. The number of ether oxygens (including phenoxy) is 4. The highest BCUT2D eigenvalue weighted by molar-refractivity contribution is 5.35. The van der Waals surface area contributed by atoms with Crippen molar-refractivity contribution in [2.24, 2.45) is 23.7 Å². The summed E-state index contributed by atoms with van der Waals surface area (Å²) in [6.45, 7) is 3.31. The van der Waals surface area contributed by atoms with Crippen molar-refractivity contribution in [2.45, 2.75) is 115 Å². The van der Waals surface area contributed by atoms with Gasteiger partial charge in [0.1, 0.15) is 11.6 Å². The predicted molar refractivity (Wildman–Crippen MR) is 162 cm³/mol. The lowest BCUT2D eigenvalue weighted by Gasteiger charge is -2.38. The Morgan fingerprint density at radius 3 is 1.96 bits per heavy atom. The van der Waals surface area contributed by atoms with Gasteiger partial charge in [-0.15, -0.1) is 0 Å². The maximum Gasteiger partial charge on any atom is 0.461 e. The summed E-state index contributed by atoms with van der Waals surface area (Å²) in [5.74, 6) is -7.31. The van der Waals surface area contributed by atoms with E-state index in [-0.39, 0.29) is 43.7 Å². The molecule has 1 saturated heterocycles. The van der Waals surface area contributed by atoms with Crippen molar-refractivity contribution in [3.8, 4) is 11.5 Å². The molecule has 0 aromatic heterocycles. The molecular weight excluding hydrogens is 667 g/mol. The van der Waals surface area contributed by atoms with Crippen molar-refractivity contribution in [2.75, 3.05) is 13.2 Å². The Balaban J connectivity index is 1.10. The van der Waals surface area contributed by atoms with Crippen LogP contribution in [0.4, 0.5) is 39.5 Å². The smallest absolute Gasteiger partial charge is 0.432 e. The van der Waals surface area contributed by atoms with Gasteiger partial charge in [-0.25, -0.2) is 13.2 Å². The highest BCUT2D eigenvalue weighted by Gasteiger charge is 2.47. The molecule has 0 amide bonds. The summed E-state index contributed by atoms with van der Waals surface area (Å²) in [4.78, 5) is 0. The summed E-state index contributed by atoms with van der Waals surface area (Å²) < 4.78 is 145. The van der Waals surface area contributed by atoms with Crippen LogP contribution < -0.4 is 9.47 Å². The van der Waals surface area contributed by atoms with E-state index in [0.717, 1.165) is 5.92 Å². The fraction of sp³-hybridized carbons (Fsp3) is 0.667. The first-order valence-electron chi connectivity index (χ1n) is 17.2. The highest BCUT2D eigenvalue weighted by atomic mass is 19.3. The fourth-order valence-electron chi connectivity index (χ4n) is 7.49. The molecule has 1 heterocycles. The Morgan fingerprint density at radius 2 is 1.39 bits per heavy atom. The Bertz CT molecular complexity index is 1340. The van der Waals surface area contributed by atoms with Gasteiger partial charge in [-0.1, -0.05) is 57.6 Å². The van der Waals surface area contributed by atoms with Gasteiger partial charge in [-0.2, -0.15) is 26.3 Å². The second-order valence-corrected chi connectivity index (χ2v) is 13.7. The normalized spacial score (nSPS) is 26.9. The largest absolute Gasteiger partial charge is 0.461 e. The number of rotatable bonds is 13. The third kappa shape index (κ3) is 9.36. The van der Waals surface area contributed by atoms with E-state index < -0.39 is 59.8 Å². The lowest BCUT2D eigenvalue weighted by Crippen LogP contribution is -2.37. The van der Waals surface area contributed by atoms with Crippen LogP contribution in [0, 0.1) is 41.1 Å². The van der Waals surface area contributed by atoms with Crippen LogP contribution in [0.3, 0.4) is 0 Å². The zero-order valence-corrected chi connectivity index (χ0v) is 27.4. The molecule has 49 heavy (non-hydrogen) atoms. The molecular formula is C36H43F9O4. The van der Waals surface area contributed by atoms with Crippen molar-refractivity contribution in [1.29, 1.82) is 0 Å². The number of alkyl halides is 6. The minimum atomic E-state index is -5.21. The van der Waals surface area contributed by atoms with Gasteiger partial charge in [0.15, 0.2) is 23.7 Å². The molecule has 4 nitrogen and oxygen atoms in total. The van der Waals surface area contributed by atoms with E-state index in [4.69, 9.17) is 9.47 Å². The van der Waals surface area contributed by atoms with Gasteiger partial charge in [0.2, 0.25) is 0 Å². The van der Waals surface area contributed by atoms with Crippen molar-refractivity contribution in [3.63, 3.8) is 0 Å². The molecule has 0 N–H and O–H groups in total. The van der Waals surface area contributed by atoms with Crippen LogP contribution in [0.5, 0.6) is 11.5 Å². The van der Waals surface area contributed by atoms with E-state index in [1.165, 1.54) is 57.4 Å². The molecule has 3 aliphatic rings. The topological polar surface area (TPSA) is 36.9 Å². The van der Waals surface area contributed by atoms with Gasteiger partial charge >= 0.3 is 18.6 Å². The van der Waals surface area contributed by atoms with Gasteiger partial charge in [-0.05, 0) is 67.9 Å². The molecule has 2 aromatic rings. The first kappa shape index (κ1) is 37.6. The van der Waals surface area contributed by atoms with Crippen LogP contribution in [0.2, 0.25) is 0 Å². The Kier molecular flexibility index (Phi) is 12.4. The number of hydrogen-bond acceptors (Lipinski definition) is 4. The minimum Gasteiger partial charge on any atom is -0.432 e. The summed E-state index contributed by atoms with van der Waals surface area (Å²) in [6, 6.07) is 5.00. The van der Waals surface area contributed by atoms with Crippen LogP contribution in [-0.4, -0.2) is 31.9 Å². The van der Waals surface area contributed by atoms with Crippen LogP contribution in [0.15, 0.2) is 30.3 Å². The molecule has 2 saturated carbocycles. The van der Waals surface area contributed by atoms with Gasteiger partial charge in [-0.3, -0.25) is 0 Å². The summed E-state index contributed by atoms with van der Waals surface area (Å²) in [6.07, 6.45) is -4.08. The number of benzene rings is 2. The second kappa shape index (κ2) is 16.1. The van der Waals surface area contributed by atoms with E-state index in [2.05, 4.69) is 16.4 Å².